The van der Waals surface area contributed by atoms with Crippen LogP contribution >= 0.6 is 0 Å². The molecule has 1 aromatic rings. The van der Waals surface area contributed by atoms with Crippen molar-refractivity contribution in [1.29, 1.82) is 0 Å². The molecule has 0 unspecified atom stereocenters. The molecule has 0 saturated carbocycles. The lowest BCUT2D eigenvalue weighted by atomic mass is 10.4. The highest BCUT2D eigenvalue weighted by molar-refractivity contribution is 4.73. The molecule has 0 amide bonds. The molecule has 1 rings (SSSR count). The van der Waals surface area contributed by atoms with Crippen molar-refractivity contribution in [3.05, 3.63) is 12.2 Å². The van der Waals surface area contributed by atoms with E-state index in [0.29, 0.717) is 18.5 Å². The van der Waals surface area contributed by atoms with Gasteiger partial charge < -0.3 is 9.84 Å². The molecule has 10 heavy (non-hydrogen) atoms. The minimum Gasteiger partial charge on any atom is -0.338 e. The summed E-state index contributed by atoms with van der Waals surface area (Å²) < 4.78 is 4.76. The number of rotatable bonds is 3. The van der Waals surface area contributed by atoms with Crippen molar-refractivity contribution in [2.24, 2.45) is 0 Å². The monoisotopic (exact) mass is 141 g/mol. The highest BCUT2D eigenvalue weighted by Gasteiger charge is 1.98. The summed E-state index contributed by atoms with van der Waals surface area (Å²) in [6.45, 7) is 4.78. The Balaban J connectivity index is 2.28. The van der Waals surface area contributed by atoms with Crippen LogP contribution in [0, 0.1) is 0 Å². The minimum atomic E-state index is 0.451. The second-order valence-electron chi connectivity index (χ2n) is 2.37. The van der Waals surface area contributed by atoms with Crippen LogP contribution in [0.1, 0.15) is 19.7 Å². The van der Waals surface area contributed by atoms with Gasteiger partial charge in [-0.25, -0.2) is 0 Å². The van der Waals surface area contributed by atoms with E-state index in [1.165, 1.54) is 6.33 Å². The Hall–Kier alpha value is -0.900. The van der Waals surface area contributed by atoms with E-state index in [1.54, 1.807) is 0 Å². The first-order valence-electron chi connectivity index (χ1n) is 3.28. The Morgan fingerprint density at radius 1 is 1.70 bits per heavy atom. The standard InChI is InChI=1S/C6H11N3O/c1-5(2)7-3-6-8-4-9-10-6/h4-5,7H,3H2,1-2H3. The lowest BCUT2D eigenvalue weighted by Gasteiger charge is -2.02. The third-order valence-corrected chi connectivity index (χ3v) is 1.07. The maximum Gasteiger partial charge on any atom is 0.240 e. The Bertz CT molecular complexity index is 171. The number of hydrogen-bond acceptors (Lipinski definition) is 4. The summed E-state index contributed by atoms with van der Waals surface area (Å²) in [7, 11) is 0. The predicted molar refractivity (Wildman–Crippen MR) is 36.3 cm³/mol. The number of nitrogens with zero attached hydrogens (tertiary/aromatic N) is 2. The van der Waals surface area contributed by atoms with Gasteiger partial charge in [-0.1, -0.05) is 19.0 Å². The molecule has 1 heterocycles. The van der Waals surface area contributed by atoms with Crippen LogP contribution in [0.4, 0.5) is 0 Å². The highest BCUT2D eigenvalue weighted by Crippen LogP contribution is 1.89. The van der Waals surface area contributed by atoms with Gasteiger partial charge in [0.2, 0.25) is 5.89 Å². The molecular formula is C6H11N3O. The predicted octanol–water partition coefficient (Wildman–Crippen LogP) is 0.568. The molecule has 0 spiro atoms. The topological polar surface area (TPSA) is 51.0 Å². The van der Waals surface area contributed by atoms with Crippen molar-refractivity contribution in [2.75, 3.05) is 0 Å². The third-order valence-electron chi connectivity index (χ3n) is 1.07. The highest BCUT2D eigenvalue weighted by atomic mass is 16.5. The smallest absolute Gasteiger partial charge is 0.240 e. The molecule has 0 atom stereocenters. The van der Waals surface area contributed by atoms with Crippen molar-refractivity contribution in [1.82, 2.24) is 15.5 Å². The Morgan fingerprint density at radius 3 is 3.00 bits per heavy atom. The van der Waals surface area contributed by atoms with Crippen LogP contribution in [0.15, 0.2) is 10.9 Å². The van der Waals surface area contributed by atoms with Crippen molar-refractivity contribution in [2.45, 2.75) is 26.4 Å². The molecule has 4 nitrogen and oxygen atoms in total. The summed E-state index contributed by atoms with van der Waals surface area (Å²) in [6, 6.07) is 0.451. The fourth-order valence-electron chi connectivity index (χ4n) is 0.565. The van der Waals surface area contributed by atoms with Gasteiger partial charge in [0.25, 0.3) is 0 Å². The summed E-state index contributed by atoms with van der Waals surface area (Å²) in [6.07, 6.45) is 1.40. The Kier molecular flexibility index (Phi) is 2.39. The second-order valence-corrected chi connectivity index (χ2v) is 2.37. The van der Waals surface area contributed by atoms with Crippen molar-refractivity contribution >= 4 is 0 Å². The quantitative estimate of drug-likeness (QED) is 0.668. The largest absolute Gasteiger partial charge is 0.338 e. The normalized spacial score (nSPS) is 10.7. The van der Waals surface area contributed by atoms with Gasteiger partial charge >= 0.3 is 0 Å². The van der Waals surface area contributed by atoms with Crippen LogP contribution in [0.2, 0.25) is 0 Å². The van der Waals surface area contributed by atoms with Crippen LogP contribution in [0.5, 0.6) is 0 Å². The van der Waals surface area contributed by atoms with Crippen LogP contribution in [-0.2, 0) is 6.54 Å². The zero-order valence-corrected chi connectivity index (χ0v) is 6.16. The average molecular weight is 141 g/mol. The number of aromatic nitrogens is 2. The second kappa shape index (κ2) is 3.31. The molecule has 1 N–H and O–H groups in total. The first-order valence-corrected chi connectivity index (χ1v) is 3.28. The van der Waals surface area contributed by atoms with E-state index in [0.717, 1.165) is 0 Å². The summed E-state index contributed by atoms with van der Waals surface area (Å²) in [4.78, 5) is 3.85. The van der Waals surface area contributed by atoms with Crippen LogP contribution in [0.3, 0.4) is 0 Å². The molecule has 0 aromatic carbocycles. The van der Waals surface area contributed by atoms with Gasteiger partial charge in [-0.15, -0.1) is 0 Å². The lowest BCUT2D eigenvalue weighted by Crippen LogP contribution is -2.21. The van der Waals surface area contributed by atoms with Gasteiger partial charge in [0, 0.05) is 6.04 Å². The van der Waals surface area contributed by atoms with E-state index in [4.69, 9.17) is 4.52 Å². The molecule has 0 aliphatic carbocycles. The van der Waals surface area contributed by atoms with Crippen LogP contribution < -0.4 is 5.32 Å². The van der Waals surface area contributed by atoms with E-state index >= 15 is 0 Å². The SMILES string of the molecule is CC(C)NCc1ncno1. The first-order chi connectivity index (χ1) is 4.79. The minimum absolute atomic E-state index is 0.451. The summed E-state index contributed by atoms with van der Waals surface area (Å²) in [5.74, 6) is 0.633. The first kappa shape index (κ1) is 7.21. The van der Waals surface area contributed by atoms with Gasteiger partial charge in [-0.2, -0.15) is 4.98 Å². The zero-order chi connectivity index (χ0) is 7.40. The van der Waals surface area contributed by atoms with Gasteiger partial charge in [-0.3, -0.25) is 0 Å². The zero-order valence-electron chi connectivity index (χ0n) is 6.16. The van der Waals surface area contributed by atoms with E-state index in [9.17, 15) is 0 Å². The number of hydrogen-bond donors (Lipinski definition) is 1. The Labute approximate surface area is 59.6 Å². The van der Waals surface area contributed by atoms with E-state index < -0.39 is 0 Å². The average Bonchev–Trinajstić information content (AvgIpc) is 2.34. The van der Waals surface area contributed by atoms with Crippen LogP contribution in [-0.4, -0.2) is 16.2 Å². The molecular weight excluding hydrogens is 130 g/mol. The maximum atomic E-state index is 4.76. The third kappa shape index (κ3) is 2.14. The Morgan fingerprint density at radius 2 is 2.50 bits per heavy atom. The van der Waals surface area contributed by atoms with Gasteiger partial charge in [0.05, 0.1) is 6.54 Å². The van der Waals surface area contributed by atoms with Crippen molar-refractivity contribution < 1.29 is 4.52 Å². The fraction of sp³-hybridized carbons (Fsp3) is 0.667. The molecule has 0 radical (unpaired) electrons. The summed E-state index contributed by atoms with van der Waals surface area (Å²) in [5, 5.41) is 6.63. The summed E-state index contributed by atoms with van der Waals surface area (Å²) in [5.41, 5.74) is 0. The van der Waals surface area contributed by atoms with Gasteiger partial charge in [0.1, 0.15) is 0 Å². The molecule has 0 aliphatic heterocycles. The molecule has 0 bridgehead atoms. The molecule has 4 heteroatoms. The van der Waals surface area contributed by atoms with E-state index in [-0.39, 0.29) is 0 Å². The van der Waals surface area contributed by atoms with E-state index in [1.807, 2.05) is 0 Å². The van der Waals surface area contributed by atoms with Crippen molar-refractivity contribution in [3.63, 3.8) is 0 Å². The molecule has 0 fully saturated rings. The molecule has 56 valence electrons. The fourth-order valence-corrected chi connectivity index (χ4v) is 0.565. The molecule has 1 aromatic heterocycles. The lowest BCUT2D eigenvalue weighted by molar-refractivity contribution is 0.361. The number of nitrogens with one attached hydrogen (secondary N) is 1. The van der Waals surface area contributed by atoms with E-state index in [2.05, 4.69) is 29.3 Å². The van der Waals surface area contributed by atoms with Gasteiger partial charge in [0.15, 0.2) is 6.33 Å². The summed E-state index contributed by atoms with van der Waals surface area (Å²) >= 11 is 0. The maximum absolute atomic E-state index is 4.76. The molecule has 0 saturated heterocycles. The van der Waals surface area contributed by atoms with Crippen LogP contribution in [0.25, 0.3) is 0 Å². The molecule has 0 aliphatic rings. The van der Waals surface area contributed by atoms with Gasteiger partial charge in [-0.05, 0) is 0 Å². The van der Waals surface area contributed by atoms with Crippen molar-refractivity contribution in [3.8, 4) is 0 Å².